The van der Waals surface area contributed by atoms with E-state index in [1.165, 1.54) is 0 Å². The minimum Gasteiger partial charge on any atom is -0.429 e. The molecule has 1 saturated heterocycles. The highest BCUT2D eigenvalue weighted by Crippen LogP contribution is 2.32. The number of carbonyl (C=O) groups excluding carboxylic acids is 3. The Hall–Kier alpha value is -2.15. The number of rotatable bonds is 3. The Labute approximate surface area is 165 Å². The molecule has 1 N–H and O–H groups in total. The third-order valence-electron chi connectivity index (χ3n) is 5.78. The van der Waals surface area contributed by atoms with Crippen molar-refractivity contribution in [3.8, 4) is 0 Å². The van der Waals surface area contributed by atoms with Crippen molar-refractivity contribution >= 4 is 18.0 Å². The average Bonchev–Trinajstić information content (AvgIpc) is 2.94. The van der Waals surface area contributed by atoms with Crippen LogP contribution in [-0.4, -0.2) is 40.3 Å². The number of hydroxylamine groups is 2. The zero-order chi connectivity index (χ0) is 19.9. The van der Waals surface area contributed by atoms with Crippen LogP contribution in [0.4, 0.5) is 4.79 Å². The smallest absolute Gasteiger partial charge is 0.429 e. The highest BCUT2D eigenvalue weighted by atomic mass is 16.8. The number of hydrogen-bond donors (Lipinski definition) is 1. The molecule has 0 bridgehead atoms. The van der Waals surface area contributed by atoms with Gasteiger partial charge in [-0.05, 0) is 63.2 Å². The quantitative estimate of drug-likeness (QED) is 0.450. The van der Waals surface area contributed by atoms with Gasteiger partial charge in [-0.3, -0.25) is 14.4 Å². The summed E-state index contributed by atoms with van der Waals surface area (Å²) in [5.41, 5.74) is 0. The Kier molecular flexibility index (Phi) is 7.25. The number of amides is 2. The molecule has 7 nitrogen and oxygen atoms in total. The molecule has 4 atom stereocenters. The second-order valence-electron chi connectivity index (χ2n) is 7.78. The second kappa shape index (κ2) is 9.87. The fourth-order valence-electron chi connectivity index (χ4n) is 4.18. The van der Waals surface area contributed by atoms with Gasteiger partial charge in [0.15, 0.2) is 0 Å². The standard InChI is InChI=1S/C21H29NO6/c23-18-10-4-2-1-3-9-17(18)15-7-5-6-8-16(12-11-15)27-21(26)28-22-19(24)13-14-20(22)25/h1,3,5,7,15-18,23H,2,4,6,8-14H2/b3-1+,7-5+. The molecule has 1 fully saturated rings. The molecule has 0 saturated carbocycles. The van der Waals surface area contributed by atoms with Crippen molar-refractivity contribution in [2.24, 2.45) is 11.8 Å². The van der Waals surface area contributed by atoms with Gasteiger partial charge in [-0.25, -0.2) is 4.79 Å². The lowest BCUT2D eigenvalue weighted by molar-refractivity contribution is -0.178. The predicted octanol–water partition coefficient (Wildman–Crippen LogP) is 3.43. The molecule has 0 aromatic rings. The number of nitrogens with zero attached hydrogens (tertiary/aromatic N) is 1. The van der Waals surface area contributed by atoms with Crippen molar-refractivity contribution in [3.05, 3.63) is 24.3 Å². The second-order valence-corrected chi connectivity index (χ2v) is 7.78. The van der Waals surface area contributed by atoms with Crippen LogP contribution < -0.4 is 0 Å². The van der Waals surface area contributed by atoms with Gasteiger partial charge in [0, 0.05) is 12.8 Å². The van der Waals surface area contributed by atoms with E-state index in [2.05, 4.69) is 24.3 Å². The van der Waals surface area contributed by atoms with Crippen molar-refractivity contribution in [2.45, 2.75) is 76.4 Å². The first-order chi connectivity index (χ1) is 13.5. The molecule has 3 aliphatic rings. The van der Waals surface area contributed by atoms with Crippen molar-refractivity contribution in [1.29, 1.82) is 0 Å². The summed E-state index contributed by atoms with van der Waals surface area (Å²) in [6, 6.07) is 0. The molecule has 0 aromatic carbocycles. The summed E-state index contributed by atoms with van der Waals surface area (Å²) in [7, 11) is 0. The number of ether oxygens (including phenoxy) is 1. The molecule has 2 aliphatic carbocycles. The minimum absolute atomic E-state index is 0.0557. The van der Waals surface area contributed by atoms with E-state index in [4.69, 9.17) is 9.57 Å². The van der Waals surface area contributed by atoms with Crippen LogP contribution >= 0.6 is 0 Å². The Morgan fingerprint density at radius 1 is 1.00 bits per heavy atom. The van der Waals surface area contributed by atoms with E-state index < -0.39 is 18.0 Å². The lowest BCUT2D eigenvalue weighted by Crippen LogP contribution is -2.34. The Balaban J connectivity index is 1.54. The first-order valence-corrected chi connectivity index (χ1v) is 10.3. The molecule has 0 spiro atoms. The first-order valence-electron chi connectivity index (χ1n) is 10.3. The van der Waals surface area contributed by atoms with E-state index in [-0.39, 0.29) is 36.9 Å². The zero-order valence-corrected chi connectivity index (χ0v) is 16.1. The average molecular weight is 391 g/mol. The Bertz CT molecular complexity index is 627. The van der Waals surface area contributed by atoms with Crippen LogP contribution in [0.15, 0.2) is 24.3 Å². The van der Waals surface area contributed by atoms with Gasteiger partial charge in [-0.1, -0.05) is 29.4 Å². The molecular formula is C21H29NO6. The van der Waals surface area contributed by atoms with Gasteiger partial charge in [-0.15, -0.1) is 0 Å². The van der Waals surface area contributed by atoms with Crippen LogP contribution in [0.5, 0.6) is 0 Å². The van der Waals surface area contributed by atoms with Gasteiger partial charge in [0.25, 0.3) is 11.8 Å². The lowest BCUT2D eigenvalue weighted by Gasteiger charge is -2.31. The predicted molar refractivity (Wildman–Crippen MR) is 101 cm³/mol. The highest BCUT2D eigenvalue weighted by molar-refractivity contribution is 6.01. The van der Waals surface area contributed by atoms with E-state index in [0.29, 0.717) is 17.9 Å². The van der Waals surface area contributed by atoms with E-state index in [1.54, 1.807) is 0 Å². The molecule has 1 aliphatic heterocycles. The maximum absolute atomic E-state index is 12.0. The maximum atomic E-state index is 12.0. The summed E-state index contributed by atoms with van der Waals surface area (Å²) in [6.07, 6.45) is 13.6. The van der Waals surface area contributed by atoms with Crippen LogP contribution in [0.2, 0.25) is 0 Å². The molecule has 7 heteroatoms. The molecule has 0 radical (unpaired) electrons. The first kappa shape index (κ1) is 20.6. The molecule has 28 heavy (non-hydrogen) atoms. The van der Waals surface area contributed by atoms with Crippen LogP contribution in [-0.2, 0) is 19.2 Å². The molecule has 4 unspecified atom stereocenters. The van der Waals surface area contributed by atoms with Gasteiger partial charge in [0.2, 0.25) is 0 Å². The minimum atomic E-state index is -1.01. The Morgan fingerprint density at radius 3 is 2.57 bits per heavy atom. The molecule has 3 rings (SSSR count). The summed E-state index contributed by atoms with van der Waals surface area (Å²) in [5, 5.41) is 11.1. The van der Waals surface area contributed by atoms with Crippen LogP contribution in [0.3, 0.4) is 0 Å². The van der Waals surface area contributed by atoms with Crippen LogP contribution in [0.1, 0.15) is 64.2 Å². The van der Waals surface area contributed by atoms with Gasteiger partial charge in [0.05, 0.1) is 6.10 Å². The van der Waals surface area contributed by atoms with Crippen molar-refractivity contribution in [3.63, 3.8) is 0 Å². The van der Waals surface area contributed by atoms with Crippen LogP contribution in [0.25, 0.3) is 0 Å². The highest BCUT2D eigenvalue weighted by Gasteiger charge is 2.34. The summed E-state index contributed by atoms with van der Waals surface area (Å²) in [6.45, 7) is 0. The van der Waals surface area contributed by atoms with E-state index in [1.807, 2.05) is 0 Å². The van der Waals surface area contributed by atoms with Gasteiger partial charge < -0.3 is 9.84 Å². The number of aliphatic hydroxyl groups is 1. The fourth-order valence-corrected chi connectivity index (χ4v) is 4.18. The van der Waals surface area contributed by atoms with Gasteiger partial charge in [0.1, 0.15) is 6.10 Å². The summed E-state index contributed by atoms with van der Waals surface area (Å²) >= 11 is 0. The third kappa shape index (κ3) is 5.44. The SMILES string of the molecule is O=C(OC1CC/C=C/C(C2C/C=C/CCCC2O)CC1)ON1C(=O)CCC1=O. The third-order valence-corrected chi connectivity index (χ3v) is 5.78. The number of imide groups is 1. The van der Waals surface area contributed by atoms with Crippen molar-refractivity contribution in [1.82, 2.24) is 5.06 Å². The number of aliphatic hydroxyl groups excluding tert-OH is 1. The normalized spacial score (nSPS) is 34.0. The lowest BCUT2D eigenvalue weighted by atomic mass is 9.78. The topological polar surface area (TPSA) is 93.1 Å². The molecule has 0 aromatic heterocycles. The fraction of sp³-hybridized carbons (Fsp3) is 0.667. The molecular weight excluding hydrogens is 362 g/mol. The molecule has 1 heterocycles. The monoisotopic (exact) mass is 391 g/mol. The van der Waals surface area contributed by atoms with Crippen molar-refractivity contribution < 1.29 is 29.1 Å². The van der Waals surface area contributed by atoms with E-state index in [0.717, 1.165) is 38.5 Å². The summed E-state index contributed by atoms with van der Waals surface area (Å²) in [5.74, 6) is -0.650. The van der Waals surface area contributed by atoms with Crippen molar-refractivity contribution in [2.75, 3.05) is 0 Å². The van der Waals surface area contributed by atoms with Gasteiger partial charge >= 0.3 is 6.16 Å². The molecule has 2 amide bonds. The largest absolute Gasteiger partial charge is 0.534 e. The maximum Gasteiger partial charge on any atom is 0.534 e. The molecule has 154 valence electrons. The summed E-state index contributed by atoms with van der Waals surface area (Å²) < 4.78 is 5.38. The van der Waals surface area contributed by atoms with Gasteiger partial charge in [-0.2, -0.15) is 0 Å². The summed E-state index contributed by atoms with van der Waals surface area (Å²) in [4.78, 5) is 39.9. The van der Waals surface area contributed by atoms with E-state index in [9.17, 15) is 19.5 Å². The van der Waals surface area contributed by atoms with E-state index >= 15 is 0 Å². The Morgan fingerprint density at radius 2 is 1.79 bits per heavy atom. The zero-order valence-electron chi connectivity index (χ0n) is 16.1. The van der Waals surface area contributed by atoms with Crippen LogP contribution in [0, 0.1) is 11.8 Å². The number of carbonyl (C=O) groups is 3. The number of hydrogen-bond acceptors (Lipinski definition) is 6. The number of allylic oxidation sites excluding steroid dienone is 4.